The fourth-order valence-corrected chi connectivity index (χ4v) is 4.13. The topological polar surface area (TPSA) is 83.2 Å². The van der Waals surface area contributed by atoms with Crippen LogP contribution in [0.5, 0.6) is 11.5 Å². The van der Waals surface area contributed by atoms with Gasteiger partial charge in [-0.1, -0.05) is 55.0 Å². The number of nitrogens with zero attached hydrogens (tertiary/aromatic N) is 4. The third-order valence-corrected chi connectivity index (χ3v) is 5.97. The van der Waals surface area contributed by atoms with E-state index in [-0.39, 0.29) is 0 Å². The average Bonchev–Trinajstić information content (AvgIpc) is 3.33. The average molecular weight is 477 g/mol. The quantitative estimate of drug-likeness (QED) is 0.254. The largest absolute Gasteiger partial charge is 0.493 e. The Morgan fingerprint density at radius 2 is 1.74 bits per heavy atom. The molecule has 2 heterocycles. The van der Waals surface area contributed by atoms with Crippen LogP contribution in [0.4, 0.5) is 0 Å². The maximum atomic E-state index is 5.56. The van der Waals surface area contributed by atoms with E-state index in [2.05, 4.69) is 58.5 Å². The number of rotatable bonds is 10. The van der Waals surface area contributed by atoms with Crippen molar-refractivity contribution in [2.45, 2.75) is 38.0 Å². The molecule has 0 bridgehead atoms. The predicted octanol–water partition coefficient (Wildman–Crippen LogP) is 6.09. The van der Waals surface area contributed by atoms with Crippen molar-refractivity contribution in [3.63, 3.8) is 0 Å². The molecule has 0 unspecified atom stereocenters. The van der Waals surface area contributed by atoms with Crippen LogP contribution in [0.25, 0.3) is 22.6 Å². The lowest BCUT2D eigenvalue weighted by Gasteiger charge is -2.09. The van der Waals surface area contributed by atoms with E-state index in [9.17, 15) is 0 Å². The Kier molecular flexibility index (Phi) is 7.80. The highest BCUT2D eigenvalue weighted by Crippen LogP contribution is 2.32. The van der Waals surface area contributed by atoms with Crippen LogP contribution in [-0.2, 0) is 12.2 Å². The zero-order valence-electron chi connectivity index (χ0n) is 19.8. The molecule has 0 amide bonds. The molecule has 2 aromatic carbocycles. The molecule has 4 aromatic rings. The van der Waals surface area contributed by atoms with Crippen molar-refractivity contribution < 1.29 is 14.0 Å². The van der Waals surface area contributed by atoms with Gasteiger partial charge >= 0.3 is 0 Å². The summed E-state index contributed by atoms with van der Waals surface area (Å²) < 4.78 is 16.4. The molecular weight excluding hydrogens is 448 g/mol. The standard InChI is InChI=1S/C26H28N4O3S/c1-5-32-22-12-10-20(15-23(22)31-4)26-27-24(33-30-26)16-34-25-13-11-21(28-29-25)19-8-6-18(7-9-19)14-17(2)3/h6-13,15,17H,5,14,16H2,1-4H3. The van der Waals surface area contributed by atoms with Gasteiger partial charge in [-0.3, -0.25) is 0 Å². The molecule has 7 nitrogen and oxygen atoms in total. The van der Waals surface area contributed by atoms with Crippen LogP contribution in [0.3, 0.4) is 0 Å². The van der Waals surface area contributed by atoms with Crippen LogP contribution in [0, 0.1) is 5.92 Å². The lowest BCUT2D eigenvalue weighted by Crippen LogP contribution is -1.95. The van der Waals surface area contributed by atoms with Crippen molar-refractivity contribution in [2.24, 2.45) is 5.92 Å². The zero-order chi connectivity index (χ0) is 23.9. The Labute approximate surface area is 203 Å². The molecule has 0 N–H and O–H groups in total. The second-order valence-corrected chi connectivity index (χ2v) is 9.15. The molecule has 0 aliphatic carbocycles. The fraction of sp³-hybridized carbons (Fsp3) is 0.308. The van der Waals surface area contributed by atoms with Crippen LogP contribution in [0.15, 0.2) is 64.1 Å². The molecule has 0 saturated carbocycles. The molecule has 0 aliphatic rings. The summed E-state index contributed by atoms with van der Waals surface area (Å²) in [5, 5.41) is 13.6. The van der Waals surface area contributed by atoms with Gasteiger partial charge in [0, 0.05) is 11.1 Å². The highest BCUT2D eigenvalue weighted by Gasteiger charge is 2.13. The molecule has 2 aromatic heterocycles. The molecular formula is C26H28N4O3S. The van der Waals surface area contributed by atoms with Gasteiger partial charge in [0.2, 0.25) is 11.7 Å². The van der Waals surface area contributed by atoms with Gasteiger partial charge in [-0.2, -0.15) is 4.98 Å². The summed E-state index contributed by atoms with van der Waals surface area (Å²) in [4.78, 5) is 4.50. The third kappa shape index (κ3) is 5.94. The molecule has 34 heavy (non-hydrogen) atoms. The summed E-state index contributed by atoms with van der Waals surface area (Å²) >= 11 is 1.50. The van der Waals surface area contributed by atoms with E-state index < -0.39 is 0 Å². The van der Waals surface area contributed by atoms with Crippen molar-refractivity contribution in [3.8, 4) is 34.1 Å². The minimum atomic E-state index is 0.499. The molecule has 176 valence electrons. The predicted molar refractivity (Wildman–Crippen MR) is 133 cm³/mol. The van der Waals surface area contributed by atoms with E-state index in [1.807, 2.05) is 37.3 Å². The van der Waals surface area contributed by atoms with Gasteiger partial charge < -0.3 is 14.0 Å². The zero-order valence-corrected chi connectivity index (χ0v) is 20.6. The number of methoxy groups -OCH3 is 1. The number of thioether (sulfide) groups is 1. The Bertz CT molecular complexity index is 1210. The second-order valence-electron chi connectivity index (χ2n) is 8.15. The summed E-state index contributed by atoms with van der Waals surface area (Å²) in [5.41, 5.74) is 4.04. The lowest BCUT2D eigenvalue weighted by atomic mass is 10.0. The minimum Gasteiger partial charge on any atom is -0.493 e. The molecule has 0 saturated heterocycles. The first-order valence-corrected chi connectivity index (χ1v) is 12.2. The summed E-state index contributed by atoms with van der Waals surface area (Å²) in [6, 6.07) is 18.0. The third-order valence-electron chi connectivity index (χ3n) is 5.07. The summed E-state index contributed by atoms with van der Waals surface area (Å²) in [6.07, 6.45) is 1.07. The van der Waals surface area contributed by atoms with Crippen LogP contribution >= 0.6 is 11.8 Å². The van der Waals surface area contributed by atoms with Gasteiger partial charge in [-0.05, 0) is 55.2 Å². The first kappa shape index (κ1) is 23.8. The van der Waals surface area contributed by atoms with E-state index in [4.69, 9.17) is 14.0 Å². The van der Waals surface area contributed by atoms with E-state index in [1.165, 1.54) is 17.3 Å². The van der Waals surface area contributed by atoms with Gasteiger partial charge in [0.1, 0.15) is 5.03 Å². The van der Waals surface area contributed by atoms with Gasteiger partial charge in [0.25, 0.3) is 0 Å². The minimum absolute atomic E-state index is 0.499. The number of aromatic nitrogens is 4. The maximum absolute atomic E-state index is 5.56. The van der Waals surface area contributed by atoms with E-state index in [0.717, 1.165) is 28.3 Å². The number of ether oxygens (including phenoxy) is 2. The van der Waals surface area contributed by atoms with Crippen LogP contribution in [0.1, 0.15) is 32.2 Å². The SMILES string of the molecule is CCOc1ccc(-c2noc(CSc3ccc(-c4ccc(CC(C)C)cc4)nn3)n2)cc1OC. The van der Waals surface area contributed by atoms with Crippen molar-refractivity contribution >= 4 is 11.8 Å². The van der Waals surface area contributed by atoms with Gasteiger partial charge in [0.15, 0.2) is 11.5 Å². The Morgan fingerprint density at radius 1 is 0.941 bits per heavy atom. The van der Waals surface area contributed by atoms with Crippen LogP contribution in [0.2, 0.25) is 0 Å². The Hall–Kier alpha value is -3.39. The molecule has 0 radical (unpaired) electrons. The summed E-state index contributed by atoms with van der Waals surface area (Å²) in [6.45, 7) is 6.94. The van der Waals surface area contributed by atoms with E-state index in [0.29, 0.717) is 41.5 Å². The lowest BCUT2D eigenvalue weighted by molar-refractivity contribution is 0.311. The van der Waals surface area contributed by atoms with E-state index >= 15 is 0 Å². The van der Waals surface area contributed by atoms with Crippen molar-refractivity contribution in [3.05, 3.63) is 66.1 Å². The molecule has 4 rings (SSSR count). The Morgan fingerprint density at radius 3 is 2.41 bits per heavy atom. The monoisotopic (exact) mass is 476 g/mol. The first-order chi connectivity index (χ1) is 16.6. The second kappa shape index (κ2) is 11.2. The molecule has 0 atom stereocenters. The summed E-state index contributed by atoms with van der Waals surface area (Å²) in [5.74, 6) is 3.46. The van der Waals surface area contributed by atoms with Crippen molar-refractivity contribution in [2.75, 3.05) is 13.7 Å². The molecule has 8 heteroatoms. The molecule has 0 aliphatic heterocycles. The maximum Gasteiger partial charge on any atom is 0.237 e. The normalized spacial score (nSPS) is 11.1. The Balaban J connectivity index is 1.37. The van der Waals surface area contributed by atoms with Crippen LogP contribution in [-0.4, -0.2) is 34.1 Å². The van der Waals surface area contributed by atoms with Gasteiger partial charge in [0.05, 0.1) is 25.2 Å². The highest BCUT2D eigenvalue weighted by atomic mass is 32.2. The van der Waals surface area contributed by atoms with Gasteiger partial charge in [-0.25, -0.2) is 0 Å². The van der Waals surface area contributed by atoms with Crippen molar-refractivity contribution in [1.29, 1.82) is 0 Å². The number of hydrogen-bond acceptors (Lipinski definition) is 8. The number of hydrogen-bond donors (Lipinski definition) is 0. The summed E-state index contributed by atoms with van der Waals surface area (Å²) in [7, 11) is 1.61. The molecule has 0 fully saturated rings. The molecule has 0 spiro atoms. The first-order valence-electron chi connectivity index (χ1n) is 11.2. The highest BCUT2D eigenvalue weighted by molar-refractivity contribution is 7.98. The fourth-order valence-electron chi connectivity index (χ4n) is 3.48. The van der Waals surface area contributed by atoms with Gasteiger partial charge in [-0.15, -0.1) is 10.2 Å². The van der Waals surface area contributed by atoms with E-state index in [1.54, 1.807) is 7.11 Å². The van der Waals surface area contributed by atoms with Crippen molar-refractivity contribution in [1.82, 2.24) is 20.3 Å². The number of benzene rings is 2. The van der Waals surface area contributed by atoms with Crippen LogP contribution < -0.4 is 9.47 Å². The smallest absolute Gasteiger partial charge is 0.237 e.